The fourth-order valence-corrected chi connectivity index (χ4v) is 4.19. The number of hydrogen-bond acceptors (Lipinski definition) is 4. The van der Waals surface area contributed by atoms with Gasteiger partial charge in [-0.15, -0.1) is 0 Å². The predicted octanol–water partition coefficient (Wildman–Crippen LogP) is 3.78. The number of benzene rings is 1. The molecule has 2 unspecified atom stereocenters. The number of amides is 2. The van der Waals surface area contributed by atoms with Crippen LogP contribution in [0.5, 0.6) is 5.75 Å². The first-order chi connectivity index (χ1) is 15.2. The van der Waals surface area contributed by atoms with Crippen molar-refractivity contribution in [2.45, 2.75) is 51.2 Å². The Morgan fingerprint density at radius 2 is 2.00 bits per heavy atom. The Balaban J connectivity index is 2.11. The van der Waals surface area contributed by atoms with Gasteiger partial charge >= 0.3 is 6.18 Å². The molecule has 9 heteroatoms. The van der Waals surface area contributed by atoms with Gasteiger partial charge in [0.2, 0.25) is 11.8 Å². The Bertz CT molecular complexity index is 757. The fraction of sp³-hybridized carbons (Fsp3) is 0.652. The number of rotatable bonds is 11. The largest absolute Gasteiger partial charge is 0.496 e. The van der Waals surface area contributed by atoms with E-state index in [1.165, 1.54) is 11.9 Å². The average molecular weight is 458 g/mol. The van der Waals surface area contributed by atoms with E-state index >= 15 is 0 Å². The summed E-state index contributed by atoms with van der Waals surface area (Å²) in [5, 5.41) is 2.87. The first-order valence-electron chi connectivity index (χ1n) is 11.1. The lowest BCUT2D eigenvalue weighted by Gasteiger charge is -2.41. The molecule has 2 atom stereocenters. The molecular weight excluding hydrogens is 423 g/mol. The summed E-state index contributed by atoms with van der Waals surface area (Å²) in [5.74, 6) is 0.00888. The minimum atomic E-state index is -4.24. The van der Waals surface area contributed by atoms with E-state index in [4.69, 9.17) is 4.74 Å². The molecule has 1 aromatic carbocycles. The van der Waals surface area contributed by atoms with Crippen LogP contribution < -0.4 is 10.1 Å². The summed E-state index contributed by atoms with van der Waals surface area (Å²) in [6.07, 6.45) is -1.37. The lowest BCUT2D eigenvalue weighted by atomic mass is 9.83. The number of carbonyl (C=O) groups excluding carboxylic acids is 2. The number of piperidine rings is 1. The molecule has 0 aromatic heterocycles. The topological polar surface area (TPSA) is 61.9 Å². The molecule has 0 saturated carbocycles. The third-order valence-corrected chi connectivity index (χ3v) is 5.72. The molecule has 0 spiro atoms. The van der Waals surface area contributed by atoms with Crippen molar-refractivity contribution in [3.05, 3.63) is 29.8 Å². The van der Waals surface area contributed by atoms with Crippen molar-refractivity contribution in [3.63, 3.8) is 0 Å². The van der Waals surface area contributed by atoms with Gasteiger partial charge < -0.3 is 15.0 Å². The van der Waals surface area contributed by atoms with E-state index < -0.39 is 24.7 Å². The van der Waals surface area contributed by atoms with Gasteiger partial charge in [-0.05, 0) is 38.9 Å². The van der Waals surface area contributed by atoms with Gasteiger partial charge in [0.15, 0.2) is 0 Å². The van der Waals surface area contributed by atoms with Gasteiger partial charge in [0.1, 0.15) is 5.75 Å². The number of hydrogen-bond donors (Lipinski definition) is 1. The highest BCUT2D eigenvalue weighted by atomic mass is 19.4. The third kappa shape index (κ3) is 7.39. The van der Waals surface area contributed by atoms with Gasteiger partial charge in [-0.1, -0.05) is 31.5 Å². The molecule has 1 aromatic rings. The van der Waals surface area contributed by atoms with Crippen molar-refractivity contribution in [2.24, 2.45) is 5.92 Å². The molecule has 1 saturated heterocycles. The van der Waals surface area contributed by atoms with Gasteiger partial charge in [-0.25, -0.2) is 0 Å². The summed E-state index contributed by atoms with van der Waals surface area (Å²) >= 11 is 0. The molecule has 1 heterocycles. The second-order valence-corrected chi connectivity index (χ2v) is 8.27. The van der Waals surface area contributed by atoms with Gasteiger partial charge in [-0.2, -0.15) is 13.2 Å². The minimum Gasteiger partial charge on any atom is -0.496 e. The van der Waals surface area contributed by atoms with Crippen molar-refractivity contribution in [1.29, 1.82) is 0 Å². The molecule has 2 rings (SSSR count). The summed E-state index contributed by atoms with van der Waals surface area (Å²) < 4.78 is 42.9. The first-order valence-corrected chi connectivity index (χ1v) is 11.1. The number of unbranched alkanes of at least 4 members (excludes halogenated alkanes) is 1. The van der Waals surface area contributed by atoms with Gasteiger partial charge in [0.05, 0.1) is 25.6 Å². The van der Waals surface area contributed by atoms with E-state index in [0.717, 1.165) is 18.4 Å². The first kappa shape index (κ1) is 26.0. The van der Waals surface area contributed by atoms with Crippen molar-refractivity contribution in [3.8, 4) is 5.75 Å². The molecule has 1 N–H and O–H groups in total. The monoisotopic (exact) mass is 457 g/mol. The van der Waals surface area contributed by atoms with Crippen LogP contribution in [0.2, 0.25) is 0 Å². The normalized spacial score (nSPS) is 19.3. The van der Waals surface area contributed by atoms with Crippen LogP contribution in [-0.4, -0.2) is 68.1 Å². The minimum absolute atomic E-state index is 0.0205. The number of nitrogens with zero attached hydrogens (tertiary/aromatic N) is 2. The van der Waals surface area contributed by atoms with Gasteiger partial charge in [-0.3, -0.25) is 14.5 Å². The highest BCUT2D eigenvalue weighted by Gasteiger charge is 2.41. The zero-order valence-electron chi connectivity index (χ0n) is 19.1. The van der Waals surface area contributed by atoms with Gasteiger partial charge in [0, 0.05) is 25.1 Å². The number of methoxy groups -OCH3 is 1. The Kier molecular flexibility index (Phi) is 9.81. The zero-order chi connectivity index (χ0) is 23.7. The van der Waals surface area contributed by atoms with E-state index in [-0.39, 0.29) is 24.9 Å². The number of carbonyl (C=O) groups is 2. The highest BCUT2D eigenvalue weighted by Crippen LogP contribution is 2.40. The van der Waals surface area contributed by atoms with E-state index in [0.29, 0.717) is 31.6 Å². The molecule has 180 valence electrons. The second kappa shape index (κ2) is 12.1. The number of alkyl halides is 3. The lowest BCUT2D eigenvalue weighted by Crippen LogP contribution is -2.48. The summed E-state index contributed by atoms with van der Waals surface area (Å²) in [7, 11) is 2.97. The van der Waals surface area contributed by atoms with Crippen LogP contribution in [0.25, 0.3) is 0 Å². The maximum Gasteiger partial charge on any atom is 0.401 e. The van der Waals surface area contributed by atoms with Crippen molar-refractivity contribution in [1.82, 2.24) is 15.1 Å². The molecule has 2 amide bonds. The smallest absolute Gasteiger partial charge is 0.401 e. The highest BCUT2D eigenvalue weighted by molar-refractivity contribution is 5.85. The molecule has 0 bridgehead atoms. The number of halogens is 3. The Labute approximate surface area is 188 Å². The number of nitrogens with one attached hydrogen (secondary N) is 1. The number of para-hydroxylation sites is 1. The average Bonchev–Trinajstić information content (AvgIpc) is 2.74. The van der Waals surface area contributed by atoms with Crippen LogP contribution in [0.1, 0.15) is 50.6 Å². The predicted molar refractivity (Wildman–Crippen MR) is 116 cm³/mol. The SMILES string of the molecule is CCCCN1C(=O)CCC(C(=O)NCCCN(C)CC(F)(F)F)C1c1ccccc1OC. The molecular formula is C23H34F3N3O3. The quantitative estimate of drug-likeness (QED) is 0.514. The Hall–Kier alpha value is -2.29. The Morgan fingerprint density at radius 3 is 2.66 bits per heavy atom. The summed E-state index contributed by atoms with van der Waals surface area (Å²) in [6, 6.07) is 6.97. The van der Waals surface area contributed by atoms with E-state index in [1.807, 2.05) is 31.2 Å². The Morgan fingerprint density at radius 1 is 1.28 bits per heavy atom. The summed E-state index contributed by atoms with van der Waals surface area (Å²) in [5.41, 5.74) is 0.796. The fourth-order valence-electron chi connectivity index (χ4n) is 4.19. The van der Waals surface area contributed by atoms with Crippen molar-refractivity contribution >= 4 is 11.8 Å². The lowest BCUT2D eigenvalue weighted by molar-refractivity contribution is -0.145. The molecule has 1 fully saturated rings. The third-order valence-electron chi connectivity index (χ3n) is 5.72. The maximum absolute atomic E-state index is 13.1. The van der Waals surface area contributed by atoms with Crippen LogP contribution in [0.3, 0.4) is 0 Å². The molecule has 0 aliphatic carbocycles. The molecule has 6 nitrogen and oxygen atoms in total. The molecule has 32 heavy (non-hydrogen) atoms. The standard InChI is InChI=1S/C23H34F3N3O3/c1-4-5-15-29-20(30)12-11-18(21(29)17-9-6-7-10-19(17)32-3)22(31)27-13-8-14-28(2)16-23(24,25)26/h6-7,9-10,18,21H,4-5,8,11-16H2,1-3H3,(H,27,31). The number of likely N-dealkylation sites (tertiary alicyclic amines) is 1. The maximum atomic E-state index is 13.1. The molecule has 0 radical (unpaired) electrons. The van der Waals surface area contributed by atoms with Crippen LogP contribution in [-0.2, 0) is 9.59 Å². The summed E-state index contributed by atoms with van der Waals surface area (Å²) in [6.45, 7) is 2.13. The number of ether oxygens (including phenoxy) is 1. The van der Waals surface area contributed by atoms with Crippen molar-refractivity contribution < 1.29 is 27.5 Å². The van der Waals surface area contributed by atoms with Crippen molar-refractivity contribution in [2.75, 3.05) is 40.3 Å². The van der Waals surface area contributed by atoms with E-state index in [1.54, 1.807) is 12.0 Å². The second-order valence-electron chi connectivity index (χ2n) is 8.27. The summed E-state index contributed by atoms with van der Waals surface area (Å²) in [4.78, 5) is 28.8. The van der Waals surface area contributed by atoms with Crippen LogP contribution in [0.15, 0.2) is 24.3 Å². The van der Waals surface area contributed by atoms with Gasteiger partial charge in [0.25, 0.3) is 0 Å². The van der Waals surface area contributed by atoms with E-state index in [2.05, 4.69) is 5.32 Å². The van der Waals surface area contributed by atoms with Crippen LogP contribution in [0, 0.1) is 5.92 Å². The van der Waals surface area contributed by atoms with Crippen LogP contribution in [0.4, 0.5) is 13.2 Å². The molecule has 1 aliphatic heterocycles. The molecule has 1 aliphatic rings. The van der Waals surface area contributed by atoms with E-state index in [9.17, 15) is 22.8 Å². The van der Waals surface area contributed by atoms with Crippen LogP contribution >= 0.6 is 0 Å². The zero-order valence-corrected chi connectivity index (χ0v) is 19.1.